The molecule has 4 nitrogen and oxygen atoms in total. The summed E-state index contributed by atoms with van der Waals surface area (Å²) < 4.78 is 5.32. The van der Waals surface area contributed by atoms with Crippen molar-refractivity contribution in [1.82, 2.24) is 9.97 Å². The summed E-state index contributed by atoms with van der Waals surface area (Å²) in [7, 11) is 0. The van der Waals surface area contributed by atoms with Gasteiger partial charge in [0.2, 0.25) is 5.88 Å². The van der Waals surface area contributed by atoms with Crippen molar-refractivity contribution in [2.24, 2.45) is 0 Å². The number of nitrogens with zero attached hydrogens (tertiary/aromatic N) is 2. The Bertz CT molecular complexity index is 782. The molecule has 0 atom stereocenters. The first-order chi connectivity index (χ1) is 10.3. The maximum Gasteiger partial charge on any atom is 0.213 e. The predicted octanol–water partition coefficient (Wildman–Crippen LogP) is 3.51. The van der Waals surface area contributed by atoms with Gasteiger partial charge in [-0.3, -0.25) is 4.79 Å². The van der Waals surface area contributed by atoms with Gasteiger partial charge in [0.1, 0.15) is 0 Å². The molecule has 0 N–H and O–H groups in total. The summed E-state index contributed by atoms with van der Waals surface area (Å²) in [5.74, 6) is 0.581. The Labute approximate surface area is 122 Å². The molecular weight excluding hydrogens is 264 g/mol. The first kappa shape index (κ1) is 13.2. The number of carbonyl (C=O) groups excluding carboxylic acids is 1. The van der Waals surface area contributed by atoms with E-state index in [9.17, 15) is 4.79 Å². The van der Waals surface area contributed by atoms with Gasteiger partial charge >= 0.3 is 0 Å². The van der Waals surface area contributed by atoms with Crippen molar-refractivity contribution in [3.63, 3.8) is 0 Å². The van der Waals surface area contributed by atoms with Crippen LogP contribution in [0.4, 0.5) is 0 Å². The van der Waals surface area contributed by atoms with Crippen LogP contribution >= 0.6 is 0 Å². The summed E-state index contributed by atoms with van der Waals surface area (Å²) in [6.45, 7) is 2.49. The number of para-hydroxylation sites is 1. The first-order valence-corrected chi connectivity index (χ1v) is 6.76. The lowest BCUT2D eigenvalue weighted by Gasteiger charge is -2.07. The summed E-state index contributed by atoms with van der Waals surface area (Å²) in [5.41, 5.74) is 3.01. The van der Waals surface area contributed by atoms with Crippen LogP contribution in [-0.4, -0.2) is 22.9 Å². The Balaban J connectivity index is 2.09. The van der Waals surface area contributed by atoms with Gasteiger partial charge in [-0.05, 0) is 25.1 Å². The number of rotatable bonds is 4. The standard InChI is InChI=1S/C17H14N2O2/c1-2-21-17-8-7-12(10-18-17)16-9-13(11-20)14-5-3-4-6-15(14)19-16/h3-11H,2H2,1H3. The van der Waals surface area contributed by atoms with Crippen LogP contribution in [0.5, 0.6) is 5.88 Å². The Kier molecular flexibility index (Phi) is 3.60. The summed E-state index contributed by atoms with van der Waals surface area (Å²) in [4.78, 5) is 20.1. The lowest BCUT2D eigenvalue weighted by molar-refractivity contribution is 0.112. The number of aldehydes is 1. The molecule has 3 aromatic rings. The Morgan fingerprint density at radius 1 is 1.19 bits per heavy atom. The molecule has 2 heterocycles. The van der Waals surface area contributed by atoms with E-state index < -0.39 is 0 Å². The fraction of sp³-hybridized carbons (Fsp3) is 0.118. The molecule has 21 heavy (non-hydrogen) atoms. The molecule has 0 aliphatic rings. The molecule has 0 aliphatic carbocycles. The highest BCUT2D eigenvalue weighted by molar-refractivity contribution is 5.98. The van der Waals surface area contributed by atoms with Gasteiger partial charge in [-0.2, -0.15) is 0 Å². The average molecular weight is 278 g/mol. The Morgan fingerprint density at radius 2 is 2.05 bits per heavy atom. The number of hydrogen-bond acceptors (Lipinski definition) is 4. The summed E-state index contributed by atoms with van der Waals surface area (Å²) in [6, 6.07) is 13.1. The smallest absolute Gasteiger partial charge is 0.213 e. The van der Waals surface area contributed by atoms with Gasteiger partial charge in [0.25, 0.3) is 0 Å². The van der Waals surface area contributed by atoms with Crippen LogP contribution in [0.1, 0.15) is 17.3 Å². The van der Waals surface area contributed by atoms with E-state index in [0.29, 0.717) is 18.1 Å². The van der Waals surface area contributed by atoms with Gasteiger partial charge in [0.15, 0.2) is 6.29 Å². The van der Waals surface area contributed by atoms with E-state index >= 15 is 0 Å². The predicted molar refractivity (Wildman–Crippen MR) is 81.5 cm³/mol. The Hall–Kier alpha value is -2.75. The molecule has 0 amide bonds. The van der Waals surface area contributed by atoms with Crippen molar-refractivity contribution in [1.29, 1.82) is 0 Å². The van der Waals surface area contributed by atoms with Gasteiger partial charge in [-0.15, -0.1) is 0 Å². The van der Waals surface area contributed by atoms with Crippen LogP contribution in [-0.2, 0) is 0 Å². The second kappa shape index (κ2) is 5.71. The molecule has 2 aromatic heterocycles. The van der Waals surface area contributed by atoms with E-state index in [4.69, 9.17) is 4.74 Å². The lowest BCUT2D eigenvalue weighted by atomic mass is 10.1. The molecule has 0 saturated carbocycles. The van der Waals surface area contributed by atoms with Crippen LogP contribution in [0.15, 0.2) is 48.7 Å². The maximum absolute atomic E-state index is 11.3. The number of ether oxygens (including phenoxy) is 1. The van der Waals surface area contributed by atoms with Crippen molar-refractivity contribution in [2.45, 2.75) is 6.92 Å². The third kappa shape index (κ3) is 2.60. The molecule has 0 aliphatic heterocycles. The fourth-order valence-corrected chi connectivity index (χ4v) is 2.21. The SMILES string of the molecule is CCOc1ccc(-c2cc(C=O)c3ccccc3n2)cn1. The highest BCUT2D eigenvalue weighted by Gasteiger charge is 2.07. The van der Waals surface area contributed by atoms with E-state index in [1.165, 1.54) is 0 Å². The number of benzene rings is 1. The minimum atomic E-state index is 0.579. The molecule has 104 valence electrons. The van der Waals surface area contributed by atoms with Gasteiger partial charge in [-0.25, -0.2) is 9.97 Å². The van der Waals surface area contributed by atoms with Gasteiger partial charge in [0, 0.05) is 28.8 Å². The topological polar surface area (TPSA) is 52.1 Å². The second-order valence-electron chi connectivity index (χ2n) is 4.55. The summed E-state index contributed by atoms with van der Waals surface area (Å²) in [5, 5.41) is 0.857. The van der Waals surface area contributed by atoms with E-state index in [1.807, 2.05) is 37.3 Å². The zero-order valence-electron chi connectivity index (χ0n) is 11.6. The normalized spacial score (nSPS) is 10.5. The summed E-state index contributed by atoms with van der Waals surface area (Å²) in [6.07, 6.45) is 2.56. The molecule has 0 fully saturated rings. The second-order valence-corrected chi connectivity index (χ2v) is 4.55. The first-order valence-electron chi connectivity index (χ1n) is 6.76. The number of hydrogen-bond donors (Lipinski definition) is 0. The van der Waals surface area contributed by atoms with Crippen molar-refractivity contribution in [3.05, 3.63) is 54.2 Å². The van der Waals surface area contributed by atoms with Gasteiger partial charge in [-0.1, -0.05) is 18.2 Å². The molecule has 3 rings (SSSR count). The van der Waals surface area contributed by atoms with E-state index in [-0.39, 0.29) is 0 Å². The lowest BCUT2D eigenvalue weighted by Crippen LogP contribution is -1.95. The monoisotopic (exact) mass is 278 g/mol. The molecule has 0 bridgehead atoms. The van der Waals surface area contributed by atoms with Crippen LogP contribution in [0.25, 0.3) is 22.2 Å². The van der Waals surface area contributed by atoms with Crippen molar-refractivity contribution >= 4 is 17.2 Å². The maximum atomic E-state index is 11.3. The molecule has 1 aromatic carbocycles. The highest BCUT2D eigenvalue weighted by atomic mass is 16.5. The molecule has 4 heteroatoms. The van der Waals surface area contributed by atoms with Crippen LogP contribution < -0.4 is 4.74 Å². The number of fused-ring (bicyclic) bond motifs is 1. The third-order valence-electron chi connectivity index (χ3n) is 3.20. The quantitative estimate of drug-likeness (QED) is 0.685. The van der Waals surface area contributed by atoms with Gasteiger partial charge in [0.05, 0.1) is 17.8 Å². The van der Waals surface area contributed by atoms with Crippen LogP contribution in [0.3, 0.4) is 0 Å². The van der Waals surface area contributed by atoms with Crippen molar-refractivity contribution in [3.8, 4) is 17.1 Å². The Morgan fingerprint density at radius 3 is 2.76 bits per heavy atom. The van der Waals surface area contributed by atoms with Crippen LogP contribution in [0, 0.1) is 0 Å². The zero-order valence-corrected chi connectivity index (χ0v) is 11.6. The molecule has 0 spiro atoms. The highest BCUT2D eigenvalue weighted by Crippen LogP contribution is 2.24. The van der Waals surface area contributed by atoms with Crippen molar-refractivity contribution < 1.29 is 9.53 Å². The molecular formula is C17H14N2O2. The number of carbonyl (C=O) groups is 1. The number of pyridine rings is 2. The number of aromatic nitrogens is 2. The molecule has 0 radical (unpaired) electrons. The zero-order chi connectivity index (χ0) is 14.7. The van der Waals surface area contributed by atoms with Crippen LogP contribution in [0.2, 0.25) is 0 Å². The average Bonchev–Trinajstić information content (AvgIpc) is 2.55. The van der Waals surface area contributed by atoms with E-state index in [0.717, 1.165) is 28.4 Å². The third-order valence-corrected chi connectivity index (χ3v) is 3.20. The minimum absolute atomic E-state index is 0.579. The van der Waals surface area contributed by atoms with Gasteiger partial charge < -0.3 is 4.74 Å². The van der Waals surface area contributed by atoms with E-state index in [1.54, 1.807) is 18.3 Å². The summed E-state index contributed by atoms with van der Waals surface area (Å²) >= 11 is 0. The molecule has 0 unspecified atom stereocenters. The minimum Gasteiger partial charge on any atom is -0.478 e. The molecule has 0 saturated heterocycles. The van der Waals surface area contributed by atoms with Crippen molar-refractivity contribution in [2.75, 3.05) is 6.61 Å². The largest absolute Gasteiger partial charge is 0.478 e. The fourth-order valence-electron chi connectivity index (χ4n) is 2.21. The van der Waals surface area contributed by atoms with E-state index in [2.05, 4.69) is 9.97 Å².